The van der Waals surface area contributed by atoms with Crippen LogP contribution in [0.5, 0.6) is 0 Å². The number of nitrogens with zero attached hydrogens (tertiary/aromatic N) is 5. The number of nitrogens with one attached hydrogen (secondary N) is 1. The molecular formula is C19H16N6. The first-order valence-electron chi connectivity index (χ1n) is 7.91. The predicted octanol–water partition coefficient (Wildman–Crippen LogP) is 3.34. The zero-order chi connectivity index (χ0) is 16.9. The minimum atomic E-state index is 0.713. The highest BCUT2D eigenvalue weighted by molar-refractivity contribution is 5.61. The maximum atomic E-state index is 4.45. The lowest BCUT2D eigenvalue weighted by Crippen LogP contribution is -2.01. The van der Waals surface area contributed by atoms with Gasteiger partial charge in [-0.15, -0.1) is 0 Å². The van der Waals surface area contributed by atoms with Gasteiger partial charge in [-0.2, -0.15) is 0 Å². The van der Waals surface area contributed by atoms with Crippen LogP contribution in [0.3, 0.4) is 0 Å². The van der Waals surface area contributed by atoms with E-state index in [2.05, 4.69) is 49.5 Å². The number of hydrogen-bond acceptors (Lipinski definition) is 5. The summed E-state index contributed by atoms with van der Waals surface area (Å²) in [5.41, 5.74) is 4.23. The molecule has 0 saturated heterocycles. The molecule has 0 aliphatic rings. The SMILES string of the molecule is c1cn(-c2ccc(CNc3ccc(-c4cncnc4)cn3)cc2)cn1. The third-order valence-corrected chi connectivity index (χ3v) is 3.87. The minimum absolute atomic E-state index is 0.713. The number of pyridine rings is 1. The van der Waals surface area contributed by atoms with Crippen LogP contribution < -0.4 is 5.32 Å². The van der Waals surface area contributed by atoms with E-state index >= 15 is 0 Å². The molecule has 0 aliphatic heterocycles. The first-order valence-corrected chi connectivity index (χ1v) is 7.91. The van der Waals surface area contributed by atoms with Crippen molar-refractivity contribution in [2.24, 2.45) is 0 Å². The Kier molecular flexibility index (Phi) is 4.16. The van der Waals surface area contributed by atoms with Gasteiger partial charge in [0, 0.05) is 54.3 Å². The smallest absolute Gasteiger partial charge is 0.126 e. The maximum Gasteiger partial charge on any atom is 0.126 e. The molecule has 4 rings (SSSR count). The van der Waals surface area contributed by atoms with Gasteiger partial charge in [-0.3, -0.25) is 0 Å². The van der Waals surface area contributed by atoms with Gasteiger partial charge >= 0.3 is 0 Å². The second-order valence-corrected chi connectivity index (χ2v) is 5.55. The van der Waals surface area contributed by atoms with E-state index in [1.54, 1.807) is 24.9 Å². The van der Waals surface area contributed by atoms with Gasteiger partial charge in [-0.1, -0.05) is 12.1 Å². The molecule has 3 aromatic heterocycles. The number of anilines is 1. The molecule has 25 heavy (non-hydrogen) atoms. The molecule has 0 unspecified atom stereocenters. The number of aromatic nitrogens is 5. The van der Waals surface area contributed by atoms with Crippen LogP contribution in [-0.2, 0) is 6.54 Å². The van der Waals surface area contributed by atoms with Crippen LogP contribution in [0.4, 0.5) is 5.82 Å². The van der Waals surface area contributed by atoms with Crippen LogP contribution in [0.2, 0.25) is 0 Å². The lowest BCUT2D eigenvalue weighted by atomic mass is 10.1. The Hall–Kier alpha value is -3.54. The van der Waals surface area contributed by atoms with Crippen molar-refractivity contribution in [1.29, 1.82) is 0 Å². The Morgan fingerprint density at radius 1 is 0.840 bits per heavy atom. The van der Waals surface area contributed by atoms with Crippen molar-refractivity contribution in [3.63, 3.8) is 0 Å². The summed E-state index contributed by atoms with van der Waals surface area (Å²) in [6.45, 7) is 0.713. The molecule has 0 bridgehead atoms. The van der Waals surface area contributed by atoms with Crippen molar-refractivity contribution >= 4 is 5.82 Å². The summed E-state index contributed by atoms with van der Waals surface area (Å²) in [5, 5.41) is 3.33. The van der Waals surface area contributed by atoms with E-state index in [-0.39, 0.29) is 0 Å². The van der Waals surface area contributed by atoms with E-state index in [1.807, 2.05) is 29.1 Å². The average Bonchev–Trinajstić information content (AvgIpc) is 3.23. The Morgan fingerprint density at radius 3 is 2.36 bits per heavy atom. The van der Waals surface area contributed by atoms with Crippen LogP contribution in [0, 0.1) is 0 Å². The molecule has 4 aromatic rings. The molecule has 3 heterocycles. The van der Waals surface area contributed by atoms with Crippen molar-refractivity contribution in [1.82, 2.24) is 24.5 Å². The van der Waals surface area contributed by atoms with Gasteiger partial charge in [0.1, 0.15) is 12.1 Å². The van der Waals surface area contributed by atoms with Crippen LogP contribution in [-0.4, -0.2) is 24.5 Å². The lowest BCUT2D eigenvalue weighted by molar-refractivity contribution is 1.05. The van der Waals surface area contributed by atoms with Crippen molar-refractivity contribution < 1.29 is 0 Å². The van der Waals surface area contributed by atoms with E-state index in [0.29, 0.717) is 6.54 Å². The molecule has 0 saturated carbocycles. The van der Waals surface area contributed by atoms with Crippen molar-refractivity contribution in [3.05, 3.63) is 85.6 Å². The second kappa shape index (κ2) is 6.92. The van der Waals surface area contributed by atoms with Crippen molar-refractivity contribution in [3.8, 4) is 16.8 Å². The molecule has 1 aromatic carbocycles. The average molecular weight is 328 g/mol. The van der Waals surface area contributed by atoms with E-state index < -0.39 is 0 Å². The summed E-state index contributed by atoms with van der Waals surface area (Å²) in [4.78, 5) is 16.6. The van der Waals surface area contributed by atoms with Crippen LogP contribution >= 0.6 is 0 Å². The molecule has 0 spiro atoms. The molecule has 0 atom stereocenters. The summed E-state index contributed by atoms with van der Waals surface area (Å²) in [5.74, 6) is 0.833. The third-order valence-electron chi connectivity index (χ3n) is 3.87. The molecule has 1 N–H and O–H groups in total. The highest BCUT2D eigenvalue weighted by atomic mass is 15.0. The maximum absolute atomic E-state index is 4.45. The first kappa shape index (κ1) is 15.0. The summed E-state index contributed by atoms with van der Waals surface area (Å²) in [6, 6.07) is 12.3. The Morgan fingerprint density at radius 2 is 1.68 bits per heavy atom. The summed E-state index contributed by atoms with van der Waals surface area (Å²) in [6.07, 6.45) is 12.4. The number of rotatable bonds is 5. The van der Waals surface area contributed by atoms with E-state index in [9.17, 15) is 0 Å². The lowest BCUT2D eigenvalue weighted by Gasteiger charge is -2.08. The van der Waals surface area contributed by atoms with Crippen LogP contribution in [0.1, 0.15) is 5.56 Å². The standard InChI is InChI=1S/C19H16N6/c1-4-18(25-8-7-20-14-25)5-2-15(1)9-23-19-6-3-16(12-24-19)17-10-21-13-22-11-17/h1-8,10-14H,9H2,(H,23,24). The topological polar surface area (TPSA) is 68.5 Å². The second-order valence-electron chi connectivity index (χ2n) is 5.55. The fraction of sp³-hybridized carbons (Fsp3) is 0.0526. The normalized spacial score (nSPS) is 10.6. The Labute approximate surface area is 145 Å². The molecule has 0 aliphatic carbocycles. The van der Waals surface area contributed by atoms with E-state index in [1.165, 1.54) is 11.9 Å². The van der Waals surface area contributed by atoms with E-state index in [4.69, 9.17) is 0 Å². The third kappa shape index (κ3) is 3.53. The predicted molar refractivity (Wildman–Crippen MR) is 96.2 cm³/mol. The summed E-state index contributed by atoms with van der Waals surface area (Å²) in [7, 11) is 0. The fourth-order valence-corrected chi connectivity index (χ4v) is 2.51. The largest absolute Gasteiger partial charge is 0.366 e. The molecular weight excluding hydrogens is 312 g/mol. The van der Waals surface area contributed by atoms with Crippen LogP contribution in [0.15, 0.2) is 80.0 Å². The van der Waals surface area contributed by atoms with Gasteiger partial charge in [0.15, 0.2) is 0 Å². The molecule has 0 amide bonds. The summed E-state index contributed by atoms with van der Waals surface area (Å²) < 4.78 is 1.98. The van der Waals surface area contributed by atoms with Crippen molar-refractivity contribution in [2.75, 3.05) is 5.32 Å². The van der Waals surface area contributed by atoms with E-state index in [0.717, 1.165) is 22.6 Å². The highest BCUT2D eigenvalue weighted by Crippen LogP contribution is 2.18. The molecule has 122 valence electrons. The monoisotopic (exact) mass is 328 g/mol. The van der Waals surface area contributed by atoms with Crippen molar-refractivity contribution in [2.45, 2.75) is 6.54 Å². The first-order chi connectivity index (χ1) is 12.4. The number of imidazole rings is 1. The van der Waals surface area contributed by atoms with Gasteiger partial charge in [-0.05, 0) is 29.8 Å². The quantitative estimate of drug-likeness (QED) is 0.608. The summed E-state index contributed by atoms with van der Waals surface area (Å²) >= 11 is 0. The molecule has 6 heteroatoms. The highest BCUT2D eigenvalue weighted by Gasteiger charge is 2.01. The van der Waals surface area contributed by atoms with Gasteiger partial charge in [0.2, 0.25) is 0 Å². The zero-order valence-corrected chi connectivity index (χ0v) is 13.4. The van der Waals surface area contributed by atoms with Gasteiger partial charge < -0.3 is 9.88 Å². The Balaban J connectivity index is 1.40. The number of hydrogen-bond donors (Lipinski definition) is 1. The minimum Gasteiger partial charge on any atom is -0.366 e. The number of benzene rings is 1. The zero-order valence-electron chi connectivity index (χ0n) is 13.4. The fourth-order valence-electron chi connectivity index (χ4n) is 2.51. The van der Waals surface area contributed by atoms with Gasteiger partial charge in [-0.25, -0.2) is 19.9 Å². The molecule has 0 fully saturated rings. The Bertz CT molecular complexity index is 916. The molecule has 6 nitrogen and oxygen atoms in total. The van der Waals surface area contributed by atoms with Gasteiger partial charge in [0.05, 0.1) is 6.33 Å². The van der Waals surface area contributed by atoms with Crippen LogP contribution in [0.25, 0.3) is 16.8 Å². The van der Waals surface area contributed by atoms with Gasteiger partial charge in [0.25, 0.3) is 0 Å². The molecule has 0 radical (unpaired) electrons.